The van der Waals surface area contributed by atoms with Crippen LogP contribution in [0.4, 0.5) is 0 Å². The van der Waals surface area contributed by atoms with Crippen molar-refractivity contribution in [2.24, 2.45) is 4.99 Å². The highest BCUT2D eigenvalue weighted by Crippen LogP contribution is 2.10. The molecule has 0 spiro atoms. The molecule has 0 aliphatic carbocycles. The van der Waals surface area contributed by atoms with Crippen molar-refractivity contribution < 1.29 is 14.7 Å². The number of amides is 2. The van der Waals surface area contributed by atoms with Crippen molar-refractivity contribution in [1.82, 2.24) is 10.6 Å². The molecule has 0 saturated heterocycles. The van der Waals surface area contributed by atoms with Crippen LogP contribution < -0.4 is 10.6 Å². The number of hydrogen-bond acceptors (Lipinski definition) is 5. The third-order valence-corrected chi connectivity index (χ3v) is 2.89. The largest absolute Gasteiger partial charge is 0.392 e. The average molecular weight is 259 g/mol. The second-order valence-corrected chi connectivity index (χ2v) is 4.94. The molecule has 1 heterocycles. The predicted octanol–water partition coefficient (Wildman–Crippen LogP) is -0.519. The molecule has 96 valence electrons. The minimum atomic E-state index is -0.560. The van der Waals surface area contributed by atoms with Gasteiger partial charge in [-0.3, -0.25) is 14.6 Å². The van der Waals surface area contributed by atoms with Gasteiger partial charge in [0.1, 0.15) is 0 Å². The number of amidine groups is 1. The molecular weight excluding hydrogens is 242 g/mol. The normalized spacial score (nSPS) is 21.5. The van der Waals surface area contributed by atoms with Gasteiger partial charge < -0.3 is 15.7 Å². The van der Waals surface area contributed by atoms with Crippen LogP contribution in [0, 0.1) is 0 Å². The molecule has 6 nitrogen and oxygen atoms in total. The fraction of sp³-hybridized carbons (Fsp3) is 0.700. The van der Waals surface area contributed by atoms with Crippen molar-refractivity contribution in [3.8, 4) is 0 Å². The first-order chi connectivity index (χ1) is 7.97. The van der Waals surface area contributed by atoms with Crippen LogP contribution >= 0.6 is 11.8 Å². The van der Waals surface area contributed by atoms with Gasteiger partial charge in [-0.15, -0.1) is 0 Å². The van der Waals surface area contributed by atoms with Gasteiger partial charge >= 0.3 is 0 Å². The van der Waals surface area contributed by atoms with Gasteiger partial charge in [0.25, 0.3) is 0 Å². The lowest BCUT2D eigenvalue weighted by Gasteiger charge is -2.17. The Morgan fingerprint density at radius 1 is 1.76 bits per heavy atom. The van der Waals surface area contributed by atoms with E-state index in [0.29, 0.717) is 11.6 Å². The zero-order chi connectivity index (χ0) is 12.8. The molecule has 0 unspecified atom stereocenters. The van der Waals surface area contributed by atoms with Gasteiger partial charge in [-0.25, -0.2) is 0 Å². The Kier molecular flexibility index (Phi) is 5.43. The van der Waals surface area contributed by atoms with Crippen molar-refractivity contribution in [3.05, 3.63) is 0 Å². The van der Waals surface area contributed by atoms with Gasteiger partial charge in [0.15, 0.2) is 5.17 Å². The van der Waals surface area contributed by atoms with E-state index in [0.717, 1.165) is 0 Å². The summed E-state index contributed by atoms with van der Waals surface area (Å²) >= 11 is 1.19. The maximum atomic E-state index is 11.3. The van der Waals surface area contributed by atoms with E-state index in [1.54, 1.807) is 6.92 Å². The van der Waals surface area contributed by atoms with E-state index in [4.69, 9.17) is 5.11 Å². The smallest absolute Gasteiger partial charge is 0.230 e. The maximum absolute atomic E-state index is 11.3. The lowest BCUT2D eigenvalue weighted by Crippen LogP contribution is -2.37. The molecule has 1 rings (SSSR count). The summed E-state index contributed by atoms with van der Waals surface area (Å²) < 4.78 is 0. The van der Waals surface area contributed by atoms with Gasteiger partial charge in [-0.1, -0.05) is 11.8 Å². The molecule has 2 atom stereocenters. The third kappa shape index (κ3) is 5.69. The summed E-state index contributed by atoms with van der Waals surface area (Å²) in [5, 5.41) is 14.7. The number of nitrogens with one attached hydrogen (secondary N) is 2. The summed E-state index contributed by atoms with van der Waals surface area (Å²) in [6.45, 7) is 3.68. The van der Waals surface area contributed by atoms with Crippen LogP contribution in [0.25, 0.3) is 0 Å². The van der Waals surface area contributed by atoms with Crippen LogP contribution in [-0.4, -0.2) is 46.5 Å². The number of carbonyl (C=O) groups excluding carboxylic acids is 2. The summed E-state index contributed by atoms with van der Waals surface area (Å²) in [4.78, 5) is 26.8. The average Bonchev–Trinajstić information content (AvgIpc) is 2.22. The quantitative estimate of drug-likeness (QED) is 0.633. The zero-order valence-corrected chi connectivity index (χ0v) is 10.7. The fourth-order valence-corrected chi connectivity index (χ4v) is 2.05. The first-order valence-corrected chi connectivity index (χ1v) is 6.41. The summed E-state index contributed by atoms with van der Waals surface area (Å²) in [7, 11) is 0. The van der Waals surface area contributed by atoms with Crippen molar-refractivity contribution in [1.29, 1.82) is 0 Å². The van der Waals surface area contributed by atoms with Crippen LogP contribution in [0.15, 0.2) is 4.99 Å². The Labute approximate surface area is 104 Å². The van der Waals surface area contributed by atoms with Gasteiger partial charge in [-0.05, 0) is 13.8 Å². The number of hydrogen-bond donors (Lipinski definition) is 3. The van der Waals surface area contributed by atoms with Crippen LogP contribution in [0.1, 0.15) is 20.3 Å². The van der Waals surface area contributed by atoms with E-state index in [2.05, 4.69) is 15.6 Å². The number of aliphatic hydroxyl groups is 1. The lowest BCUT2D eigenvalue weighted by molar-refractivity contribution is -0.120. The van der Waals surface area contributed by atoms with Gasteiger partial charge in [0.05, 0.1) is 17.9 Å². The monoisotopic (exact) mass is 259 g/mol. The third-order valence-electron chi connectivity index (χ3n) is 2.00. The summed E-state index contributed by atoms with van der Waals surface area (Å²) in [5.41, 5.74) is 0. The SMILES string of the molecule is C[C@@H](O)CNC(=O)CSC1=N[C@@H](C)CC(=O)N1. The Hall–Kier alpha value is -1.08. The van der Waals surface area contributed by atoms with E-state index < -0.39 is 6.10 Å². The van der Waals surface area contributed by atoms with Crippen molar-refractivity contribution in [2.75, 3.05) is 12.3 Å². The summed E-state index contributed by atoms with van der Waals surface area (Å²) in [6, 6.07) is -0.0354. The molecular formula is C10H17N3O3S. The molecule has 0 fully saturated rings. The molecule has 3 N–H and O–H groups in total. The number of thioether (sulfide) groups is 1. The first-order valence-electron chi connectivity index (χ1n) is 5.42. The molecule has 0 bridgehead atoms. The number of rotatable bonds is 4. The summed E-state index contributed by atoms with van der Waals surface area (Å²) in [5.74, 6) is -0.0797. The van der Waals surface area contributed by atoms with E-state index in [1.165, 1.54) is 11.8 Å². The molecule has 17 heavy (non-hydrogen) atoms. The maximum Gasteiger partial charge on any atom is 0.230 e. The number of carbonyl (C=O) groups is 2. The standard InChI is InChI=1S/C10H17N3O3S/c1-6-3-8(15)13-10(12-6)17-5-9(16)11-4-7(2)14/h6-7,14H,3-5H2,1-2H3,(H,11,16)(H,12,13,15)/t6-,7+/m0/s1. The van der Waals surface area contributed by atoms with E-state index in [1.807, 2.05) is 6.92 Å². The molecule has 1 aliphatic rings. The topological polar surface area (TPSA) is 90.8 Å². The molecule has 0 saturated carbocycles. The van der Waals surface area contributed by atoms with Crippen molar-refractivity contribution >= 4 is 28.7 Å². The van der Waals surface area contributed by atoms with E-state index >= 15 is 0 Å². The minimum absolute atomic E-state index is 0.0354. The molecule has 0 radical (unpaired) electrons. The predicted molar refractivity (Wildman–Crippen MR) is 66.8 cm³/mol. The van der Waals surface area contributed by atoms with Crippen LogP contribution in [0.3, 0.4) is 0 Å². The van der Waals surface area contributed by atoms with Crippen molar-refractivity contribution in [3.63, 3.8) is 0 Å². The minimum Gasteiger partial charge on any atom is -0.392 e. The van der Waals surface area contributed by atoms with Crippen LogP contribution in [0.2, 0.25) is 0 Å². The number of nitrogens with zero attached hydrogens (tertiary/aromatic N) is 1. The second kappa shape index (κ2) is 6.61. The van der Waals surface area contributed by atoms with Crippen molar-refractivity contribution in [2.45, 2.75) is 32.4 Å². The Morgan fingerprint density at radius 2 is 2.47 bits per heavy atom. The molecule has 0 aromatic carbocycles. The molecule has 1 aliphatic heterocycles. The lowest BCUT2D eigenvalue weighted by atomic mass is 10.2. The molecule has 0 aromatic rings. The fourth-order valence-electron chi connectivity index (χ4n) is 1.24. The molecule has 7 heteroatoms. The summed E-state index contributed by atoms with van der Waals surface area (Å²) in [6.07, 6.45) is -0.172. The van der Waals surface area contributed by atoms with Gasteiger partial charge in [0.2, 0.25) is 11.8 Å². The first kappa shape index (κ1) is 14.0. The highest BCUT2D eigenvalue weighted by Gasteiger charge is 2.18. The second-order valence-electron chi connectivity index (χ2n) is 3.98. The van der Waals surface area contributed by atoms with E-state index in [-0.39, 0.29) is 30.2 Å². The Morgan fingerprint density at radius 3 is 3.06 bits per heavy atom. The highest BCUT2D eigenvalue weighted by atomic mass is 32.2. The van der Waals surface area contributed by atoms with E-state index in [9.17, 15) is 9.59 Å². The van der Waals surface area contributed by atoms with Crippen LogP contribution in [0.5, 0.6) is 0 Å². The Bertz CT molecular complexity index is 331. The molecule has 2 amide bonds. The van der Waals surface area contributed by atoms with Gasteiger partial charge in [-0.2, -0.15) is 0 Å². The van der Waals surface area contributed by atoms with Gasteiger partial charge in [0, 0.05) is 13.0 Å². The molecule has 0 aromatic heterocycles. The highest BCUT2D eigenvalue weighted by molar-refractivity contribution is 8.14. The van der Waals surface area contributed by atoms with Crippen LogP contribution in [-0.2, 0) is 9.59 Å². The zero-order valence-electron chi connectivity index (χ0n) is 9.90. The Balaban J connectivity index is 2.30. The number of aliphatic hydroxyl groups excluding tert-OH is 1. The number of aliphatic imine (C=N–C) groups is 1.